The van der Waals surface area contributed by atoms with Gasteiger partial charge in [-0.05, 0) is 57.5 Å². The summed E-state index contributed by atoms with van der Waals surface area (Å²) in [5.41, 5.74) is 0. The first kappa shape index (κ1) is 20.6. The van der Waals surface area contributed by atoms with Crippen molar-refractivity contribution in [1.29, 1.82) is 0 Å². The Kier molecular flexibility index (Phi) is 8.16. The predicted octanol–water partition coefficient (Wildman–Crippen LogP) is 1.82. The summed E-state index contributed by atoms with van der Waals surface area (Å²) in [4.78, 5) is 15.0. The van der Waals surface area contributed by atoms with Crippen molar-refractivity contribution in [3.63, 3.8) is 0 Å². The second kappa shape index (κ2) is 9.88. The van der Waals surface area contributed by atoms with E-state index in [-0.39, 0.29) is 11.7 Å². The topological polar surface area (TPSA) is 69.7 Å². The highest BCUT2D eigenvalue weighted by Crippen LogP contribution is 2.21. The summed E-state index contributed by atoms with van der Waals surface area (Å²) in [5, 5.41) is 2.98. The third kappa shape index (κ3) is 6.22. The Morgan fingerprint density at radius 2 is 1.96 bits per heavy atom. The SMILES string of the molecule is CCCS(=O)(=O)N1CCCCC1C(=O)NCCCN1CCCC(C)C1. The maximum atomic E-state index is 12.5. The number of sulfonamides is 1. The molecule has 2 saturated heterocycles. The number of carbonyl (C=O) groups is 1. The van der Waals surface area contributed by atoms with Crippen LogP contribution in [0.4, 0.5) is 0 Å². The summed E-state index contributed by atoms with van der Waals surface area (Å²) < 4.78 is 26.3. The third-order valence-corrected chi connectivity index (χ3v) is 7.34. The van der Waals surface area contributed by atoms with E-state index >= 15 is 0 Å². The molecule has 2 heterocycles. The largest absolute Gasteiger partial charge is 0.355 e. The molecule has 146 valence electrons. The van der Waals surface area contributed by atoms with Gasteiger partial charge in [-0.3, -0.25) is 4.79 Å². The summed E-state index contributed by atoms with van der Waals surface area (Å²) in [6.45, 7) is 8.57. The van der Waals surface area contributed by atoms with Crippen LogP contribution >= 0.6 is 0 Å². The lowest BCUT2D eigenvalue weighted by Gasteiger charge is -2.34. The molecule has 0 bridgehead atoms. The Bertz CT molecular complexity index is 524. The van der Waals surface area contributed by atoms with E-state index in [4.69, 9.17) is 0 Å². The molecule has 0 radical (unpaired) electrons. The molecule has 0 aromatic heterocycles. The smallest absolute Gasteiger partial charge is 0.238 e. The Labute approximate surface area is 153 Å². The lowest BCUT2D eigenvalue weighted by atomic mass is 10.0. The van der Waals surface area contributed by atoms with Crippen LogP contribution < -0.4 is 5.32 Å². The fraction of sp³-hybridized carbons (Fsp3) is 0.944. The van der Waals surface area contributed by atoms with Crippen molar-refractivity contribution < 1.29 is 13.2 Å². The number of nitrogens with one attached hydrogen (secondary N) is 1. The number of amides is 1. The second-order valence-electron chi connectivity index (χ2n) is 7.63. The van der Waals surface area contributed by atoms with Crippen molar-refractivity contribution in [2.45, 2.75) is 64.8 Å². The standard InChI is InChI=1S/C18H35N3O3S/c1-3-14-25(23,24)21-13-5-4-9-17(21)18(22)19-10-7-12-20-11-6-8-16(2)15-20/h16-17H,3-15H2,1-2H3,(H,19,22). The predicted molar refractivity (Wildman–Crippen MR) is 101 cm³/mol. The van der Waals surface area contributed by atoms with Crippen molar-refractivity contribution >= 4 is 15.9 Å². The van der Waals surface area contributed by atoms with E-state index in [1.807, 2.05) is 6.92 Å². The molecule has 1 amide bonds. The molecule has 2 aliphatic heterocycles. The van der Waals surface area contributed by atoms with E-state index in [1.54, 1.807) is 0 Å². The zero-order chi connectivity index (χ0) is 18.3. The molecule has 2 unspecified atom stereocenters. The molecule has 0 spiro atoms. The quantitative estimate of drug-likeness (QED) is 0.659. The molecule has 2 rings (SSSR count). The number of nitrogens with zero attached hydrogens (tertiary/aromatic N) is 2. The lowest BCUT2D eigenvalue weighted by Crippen LogP contribution is -2.52. The fourth-order valence-corrected chi connectivity index (χ4v) is 5.74. The highest BCUT2D eigenvalue weighted by molar-refractivity contribution is 7.89. The fourth-order valence-electron chi connectivity index (χ4n) is 4.00. The molecule has 7 heteroatoms. The maximum Gasteiger partial charge on any atom is 0.238 e. The van der Waals surface area contributed by atoms with Gasteiger partial charge in [-0.1, -0.05) is 20.3 Å². The Balaban J connectivity index is 1.78. The van der Waals surface area contributed by atoms with Crippen LogP contribution in [0.2, 0.25) is 0 Å². The van der Waals surface area contributed by atoms with Gasteiger partial charge in [-0.15, -0.1) is 0 Å². The van der Waals surface area contributed by atoms with Crippen LogP contribution in [0.25, 0.3) is 0 Å². The third-order valence-electron chi connectivity index (χ3n) is 5.27. The maximum absolute atomic E-state index is 12.5. The molecule has 2 atom stereocenters. The Hall–Kier alpha value is -0.660. The number of piperidine rings is 2. The average Bonchev–Trinajstić information content (AvgIpc) is 2.58. The summed E-state index contributed by atoms with van der Waals surface area (Å²) in [6, 6.07) is -0.514. The number of likely N-dealkylation sites (tertiary alicyclic amines) is 1. The average molecular weight is 374 g/mol. The van der Waals surface area contributed by atoms with Gasteiger partial charge in [0.15, 0.2) is 0 Å². The van der Waals surface area contributed by atoms with Crippen molar-refractivity contribution in [3.8, 4) is 0 Å². The minimum absolute atomic E-state index is 0.119. The molecular formula is C18H35N3O3S. The Morgan fingerprint density at radius 3 is 2.68 bits per heavy atom. The van der Waals surface area contributed by atoms with Gasteiger partial charge in [0.25, 0.3) is 0 Å². The molecule has 0 saturated carbocycles. The summed E-state index contributed by atoms with van der Waals surface area (Å²) in [7, 11) is -3.32. The lowest BCUT2D eigenvalue weighted by molar-refractivity contribution is -0.125. The molecule has 0 aromatic carbocycles. The first-order chi connectivity index (χ1) is 11.9. The second-order valence-corrected chi connectivity index (χ2v) is 9.67. The van der Waals surface area contributed by atoms with E-state index in [2.05, 4.69) is 17.1 Å². The van der Waals surface area contributed by atoms with E-state index in [9.17, 15) is 13.2 Å². The molecule has 6 nitrogen and oxygen atoms in total. The van der Waals surface area contributed by atoms with Crippen LogP contribution in [0.15, 0.2) is 0 Å². The Morgan fingerprint density at radius 1 is 1.16 bits per heavy atom. The summed E-state index contributed by atoms with van der Waals surface area (Å²) in [6.07, 6.45) is 6.49. The zero-order valence-corrected chi connectivity index (χ0v) is 16.7. The summed E-state index contributed by atoms with van der Waals surface area (Å²) in [5.74, 6) is 0.776. The first-order valence-corrected chi connectivity index (χ1v) is 11.5. The normalized spacial score (nSPS) is 26.5. The molecule has 2 aliphatic rings. The van der Waals surface area contributed by atoms with Crippen LogP contribution in [-0.4, -0.2) is 68.0 Å². The number of carbonyl (C=O) groups excluding carboxylic acids is 1. The molecule has 0 aliphatic carbocycles. The van der Waals surface area contributed by atoms with Gasteiger partial charge in [0, 0.05) is 19.6 Å². The van der Waals surface area contributed by atoms with Gasteiger partial charge in [0.05, 0.1) is 5.75 Å². The van der Waals surface area contributed by atoms with Crippen molar-refractivity contribution in [2.75, 3.05) is 38.5 Å². The van der Waals surface area contributed by atoms with E-state index in [0.717, 1.165) is 44.8 Å². The molecule has 1 N–H and O–H groups in total. The van der Waals surface area contributed by atoms with Crippen LogP contribution in [0.5, 0.6) is 0 Å². The molecule has 0 aromatic rings. The van der Waals surface area contributed by atoms with Gasteiger partial charge in [-0.2, -0.15) is 4.31 Å². The van der Waals surface area contributed by atoms with Crippen LogP contribution in [0.3, 0.4) is 0 Å². The monoisotopic (exact) mass is 373 g/mol. The number of hydrogen-bond acceptors (Lipinski definition) is 4. The van der Waals surface area contributed by atoms with Gasteiger partial charge >= 0.3 is 0 Å². The number of rotatable bonds is 8. The van der Waals surface area contributed by atoms with Crippen LogP contribution in [0.1, 0.15) is 58.8 Å². The van der Waals surface area contributed by atoms with Gasteiger partial charge in [-0.25, -0.2) is 8.42 Å². The zero-order valence-electron chi connectivity index (χ0n) is 15.9. The van der Waals surface area contributed by atoms with E-state index in [1.165, 1.54) is 17.1 Å². The highest BCUT2D eigenvalue weighted by Gasteiger charge is 2.35. The van der Waals surface area contributed by atoms with Gasteiger partial charge < -0.3 is 10.2 Å². The van der Waals surface area contributed by atoms with Crippen molar-refractivity contribution in [1.82, 2.24) is 14.5 Å². The minimum atomic E-state index is -3.32. The minimum Gasteiger partial charge on any atom is -0.355 e. The summed E-state index contributed by atoms with van der Waals surface area (Å²) >= 11 is 0. The van der Waals surface area contributed by atoms with E-state index < -0.39 is 16.1 Å². The van der Waals surface area contributed by atoms with Gasteiger partial charge in [0.2, 0.25) is 15.9 Å². The molecule has 25 heavy (non-hydrogen) atoms. The van der Waals surface area contributed by atoms with Crippen LogP contribution in [-0.2, 0) is 14.8 Å². The molecular weight excluding hydrogens is 338 g/mol. The highest BCUT2D eigenvalue weighted by atomic mass is 32.2. The number of hydrogen-bond donors (Lipinski definition) is 1. The van der Waals surface area contributed by atoms with Crippen molar-refractivity contribution in [3.05, 3.63) is 0 Å². The van der Waals surface area contributed by atoms with Crippen molar-refractivity contribution in [2.24, 2.45) is 5.92 Å². The first-order valence-electron chi connectivity index (χ1n) is 9.93. The van der Waals surface area contributed by atoms with Gasteiger partial charge in [0.1, 0.15) is 6.04 Å². The molecule has 2 fully saturated rings. The van der Waals surface area contributed by atoms with E-state index in [0.29, 0.717) is 25.9 Å². The van der Waals surface area contributed by atoms with Crippen LogP contribution in [0, 0.1) is 5.92 Å².